The summed E-state index contributed by atoms with van der Waals surface area (Å²) in [5.74, 6) is 0.680. The number of carbonyl (C=O) groups is 1. The van der Waals surface area contributed by atoms with Crippen LogP contribution in [0, 0.1) is 0 Å². The number of nitrogens with one attached hydrogen (secondary N) is 3. The molecule has 1 saturated carbocycles. The van der Waals surface area contributed by atoms with Crippen molar-refractivity contribution < 1.29 is 9.53 Å². The minimum atomic E-state index is -0.186. The van der Waals surface area contributed by atoms with Gasteiger partial charge in [0.25, 0.3) is 0 Å². The molecule has 1 saturated heterocycles. The van der Waals surface area contributed by atoms with Crippen LogP contribution in [-0.2, 0) is 23.1 Å². The number of ether oxygens (including phenoxy) is 1. The molecule has 4 rings (SSSR count). The fourth-order valence-electron chi connectivity index (χ4n) is 4.04. The van der Waals surface area contributed by atoms with Crippen LogP contribution >= 0.6 is 24.0 Å². The number of aromatic nitrogens is 5. The second-order valence-electron chi connectivity index (χ2n) is 8.20. The van der Waals surface area contributed by atoms with Gasteiger partial charge in [-0.05, 0) is 44.0 Å². The molecule has 2 aromatic heterocycles. The van der Waals surface area contributed by atoms with Gasteiger partial charge in [-0.15, -0.1) is 10.2 Å². The van der Waals surface area contributed by atoms with Crippen LogP contribution in [0.15, 0.2) is 17.4 Å². The van der Waals surface area contributed by atoms with Crippen LogP contribution in [-0.4, -0.2) is 60.1 Å². The number of thioether (sulfide) groups is 1. The molecular weight excluding hydrogens is 448 g/mol. The predicted octanol–water partition coefficient (Wildman–Crippen LogP) is 1.78. The van der Waals surface area contributed by atoms with E-state index in [1.54, 1.807) is 4.68 Å². The van der Waals surface area contributed by atoms with E-state index in [0.717, 1.165) is 38.0 Å². The van der Waals surface area contributed by atoms with Crippen LogP contribution in [0.5, 0.6) is 0 Å². The Bertz CT molecular complexity index is 919. The maximum atomic E-state index is 12.4. The molecule has 0 aromatic carbocycles. The predicted molar refractivity (Wildman–Crippen MR) is 126 cm³/mol. The summed E-state index contributed by atoms with van der Waals surface area (Å²) in [4.78, 5) is 12.4. The molecule has 2 fully saturated rings. The molecular formula is C20H30N8O2S2. The van der Waals surface area contributed by atoms with Gasteiger partial charge < -0.3 is 10.1 Å². The minimum Gasteiger partial charge on any atom is -0.376 e. The molecule has 10 nitrogen and oxygen atoms in total. The zero-order valence-electron chi connectivity index (χ0n) is 18.2. The Hall–Kier alpha value is -2.18. The summed E-state index contributed by atoms with van der Waals surface area (Å²) in [7, 11) is 1.87. The van der Waals surface area contributed by atoms with Gasteiger partial charge in [-0.2, -0.15) is 5.10 Å². The summed E-state index contributed by atoms with van der Waals surface area (Å²) in [6.07, 6.45) is 9.99. The summed E-state index contributed by atoms with van der Waals surface area (Å²) < 4.78 is 9.54. The number of amides is 1. The Morgan fingerprint density at radius 3 is 2.78 bits per heavy atom. The highest BCUT2D eigenvalue weighted by Gasteiger charge is 2.23. The monoisotopic (exact) mass is 478 g/mol. The molecule has 0 bridgehead atoms. The lowest BCUT2D eigenvalue weighted by Gasteiger charge is -2.24. The number of rotatable bonds is 7. The first kappa shape index (κ1) is 23.0. The largest absolute Gasteiger partial charge is 0.376 e. The molecule has 3 heterocycles. The first-order valence-corrected chi connectivity index (χ1v) is 12.5. The van der Waals surface area contributed by atoms with Gasteiger partial charge in [0.05, 0.1) is 18.4 Å². The zero-order valence-corrected chi connectivity index (χ0v) is 19.9. The van der Waals surface area contributed by atoms with E-state index in [1.165, 1.54) is 31.0 Å². The van der Waals surface area contributed by atoms with Crippen LogP contribution in [0.4, 0.5) is 0 Å². The van der Waals surface area contributed by atoms with Gasteiger partial charge in [-0.25, -0.2) is 0 Å². The molecule has 12 heteroatoms. The Kier molecular flexibility index (Phi) is 7.98. The van der Waals surface area contributed by atoms with E-state index >= 15 is 0 Å². The summed E-state index contributed by atoms with van der Waals surface area (Å²) >= 11 is 6.63. The molecule has 1 aliphatic carbocycles. The van der Waals surface area contributed by atoms with Crippen molar-refractivity contribution in [2.75, 3.05) is 12.4 Å². The standard InChI is InChI=1S/C20H30N8O2S2/c1-27-10-9-16(26-27)18-23-25-20(28(18)12-15-8-5-11-30-15)32-13-17(29)22-24-19(31)21-14-6-3-2-4-7-14/h9-10,14-15H,2-8,11-13H2,1H3,(H,22,29)(H2,21,24,31). The van der Waals surface area contributed by atoms with Gasteiger partial charge in [-0.1, -0.05) is 31.0 Å². The number of hydrogen-bond acceptors (Lipinski definition) is 7. The molecule has 1 atom stereocenters. The number of nitrogens with zero attached hydrogens (tertiary/aromatic N) is 5. The molecule has 0 radical (unpaired) electrons. The average Bonchev–Trinajstić information content (AvgIpc) is 3.54. The third-order valence-corrected chi connectivity index (χ3v) is 6.84. The van der Waals surface area contributed by atoms with Crippen molar-refractivity contribution in [2.45, 2.75) is 68.8 Å². The molecule has 2 aromatic rings. The third-order valence-electron chi connectivity index (χ3n) is 5.66. The maximum absolute atomic E-state index is 12.4. The second kappa shape index (κ2) is 11.1. The van der Waals surface area contributed by atoms with Crippen LogP contribution < -0.4 is 16.2 Å². The number of thiocarbonyl (C=S) groups is 1. The summed E-state index contributed by atoms with van der Waals surface area (Å²) in [5.41, 5.74) is 6.22. The maximum Gasteiger partial charge on any atom is 0.248 e. The lowest BCUT2D eigenvalue weighted by atomic mass is 9.96. The number of hydrogen-bond donors (Lipinski definition) is 3. The zero-order chi connectivity index (χ0) is 22.3. The topological polar surface area (TPSA) is 111 Å². The Morgan fingerprint density at radius 2 is 2.06 bits per heavy atom. The molecule has 1 amide bonds. The fourth-order valence-corrected chi connectivity index (χ4v) is 5.00. The van der Waals surface area contributed by atoms with Crippen LogP contribution in [0.1, 0.15) is 44.9 Å². The van der Waals surface area contributed by atoms with Gasteiger partial charge in [0.15, 0.2) is 16.1 Å². The first-order valence-electron chi connectivity index (χ1n) is 11.1. The molecule has 32 heavy (non-hydrogen) atoms. The van der Waals surface area contributed by atoms with Gasteiger partial charge in [0.1, 0.15) is 5.69 Å². The van der Waals surface area contributed by atoms with Crippen LogP contribution in [0.2, 0.25) is 0 Å². The molecule has 3 N–H and O–H groups in total. The highest BCUT2D eigenvalue weighted by Crippen LogP contribution is 2.25. The molecule has 1 aliphatic heterocycles. The highest BCUT2D eigenvalue weighted by atomic mass is 32.2. The van der Waals surface area contributed by atoms with E-state index in [2.05, 4.69) is 31.5 Å². The summed E-state index contributed by atoms with van der Waals surface area (Å²) in [5, 5.41) is 17.5. The van der Waals surface area contributed by atoms with Gasteiger partial charge in [0.2, 0.25) is 5.91 Å². The Balaban J connectivity index is 1.32. The van der Waals surface area contributed by atoms with E-state index in [1.807, 2.05) is 23.9 Å². The molecule has 1 unspecified atom stereocenters. The van der Waals surface area contributed by atoms with Crippen molar-refractivity contribution in [1.29, 1.82) is 0 Å². The average molecular weight is 479 g/mol. The number of carbonyl (C=O) groups excluding carboxylic acids is 1. The molecule has 174 valence electrons. The lowest BCUT2D eigenvalue weighted by molar-refractivity contribution is -0.119. The van der Waals surface area contributed by atoms with E-state index in [-0.39, 0.29) is 17.8 Å². The van der Waals surface area contributed by atoms with Crippen molar-refractivity contribution in [3.63, 3.8) is 0 Å². The third kappa shape index (κ3) is 6.20. The molecule has 0 spiro atoms. The smallest absolute Gasteiger partial charge is 0.248 e. The van der Waals surface area contributed by atoms with Crippen LogP contribution in [0.25, 0.3) is 11.5 Å². The van der Waals surface area contributed by atoms with Crippen molar-refractivity contribution >= 4 is 35.0 Å². The van der Waals surface area contributed by atoms with Crippen LogP contribution in [0.3, 0.4) is 0 Å². The van der Waals surface area contributed by atoms with Gasteiger partial charge >= 0.3 is 0 Å². The van der Waals surface area contributed by atoms with Gasteiger partial charge in [-0.3, -0.25) is 24.9 Å². The molecule has 2 aliphatic rings. The van der Waals surface area contributed by atoms with Crippen molar-refractivity contribution in [3.05, 3.63) is 12.3 Å². The van der Waals surface area contributed by atoms with E-state index in [0.29, 0.717) is 28.7 Å². The van der Waals surface area contributed by atoms with Crippen molar-refractivity contribution in [1.82, 2.24) is 40.7 Å². The Labute approximate surface area is 197 Å². The quantitative estimate of drug-likeness (QED) is 0.311. The van der Waals surface area contributed by atoms with Gasteiger partial charge in [0, 0.05) is 25.9 Å². The Morgan fingerprint density at radius 1 is 1.22 bits per heavy atom. The second-order valence-corrected chi connectivity index (χ2v) is 9.55. The van der Waals surface area contributed by atoms with E-state index in [4.69, 9.17) is 17.0 Å². The summed E-state index contributed by atoms with van der Waals surface area (Å²) in [6, 6.07) is 2.29. The SMILES string of the molecule is Cn1ccc(-c2nnc(SCC(=O)NNC(=S)NC3CCCCC3)n2CC2CCCO2)n1. The normalized spacial score (nSPS) is 19.1. The first-order chi connectivity index (χ1) is 15.6. The number of aryl methyl sites for hydroxylation is 1. The minimum absolute atomic E-state index is 0.117. The lowest BCUT2D eigenvalue weighted by Crippen LogP contribution is -2.50. The van der Waals surface area contributed by atoms with E-state index < -0.39 is 0 Å². The van der Waals surface area contributed by atoms with Crippen molar-refractivity contribution in [2.24, 2.45) is 7.05 Å². The highest BCUT2D eigenvalue weighted by molar-refractivity contribution is 7.99. The fraction of sp³-hybridized carbons (Fsp3) is 0.650. The van der Waals surface area contributed by atoms with Crippen molar-refractivity contribution in [3.8, 4) is 11.5 Å². The van der Waals surface area contributed by atoms with E-state index in [9.17, 15) is 4.79 Å². The number of hydrazine groups is 1. The summed E-state index contributed by atoms with van der Waals surface area (Å²) in [6.45, 7) is 1.41.